The van der Waals surface area contributed by atoms with Gasteiger partial charge >= 0.3 is 7.60 Å². The van der Waals surface area contributed by atoms with Crippen LogP contribution in [0.25, 0.3) is 10.2 Å². The fourth-order valence-electron chi connectivity index (χ4n) is 3.68. The Morgan fingerprint density at radius 2 is 1.75 bits per heavy atom. The molecule has 1 heterocycles. The number of hydrogen-bond acceptors (Lipinski definition) is 8. The smallest absolute Gasteiger partial charge is 0.308 e. The maximum Gasteiger partial charge on any atom is 0.348 e. The maximum atomic E-state index is 13.6. The van der Waals surface area contributed by atoms with Gasteiger partial charge in [-0.1, -0.05) is 68.3 Å². The highest BCUT2D eigenvalue weighted by molar-refractivity contribution is 8.01. The van der Waals surface area contributed by atoms with Gasteiger partial charge in [0, 0.05) is 12.2 Å². The van der Waals surface area contributed by atoms with Crippen molar-refractivity contribution in [2.45, 2.75) is 67.9 Å². The molecule has 198 valence electrons. The topological polar surface area (TPSA) is 94.6 Å². The monoisotopic (exact) mass is 570 g/mol. The number of benzene rings is 2. The zero-order valence-corrected chi connectivity index (χ0v) is 24.4. The minimum absolute atomic E-state index is 0.0933. The second kappa shape index (κ2) is 14.0. The molecule has 11 heteroatoms. The van der Waals surface area contributed by atoms with Gasteiger partial charge in [-0.2, -0.15) is 4.72 Å². The second-order valence-electron chi connectivity index (χ2n) is 8.22. The lowest BCUT2D eigenvalue weighted by Gasteiger charge is -2.27. The second-order valence-corrected chi connectivity index (χ2v) is 14.5. The normalized spacial score (nSPS) is 13.3. The number of fused-ring (bicyclic) bond motifs is 1. The fraction of sp³-hybridized carbons (Fsp3) is 0.480. The first kappa shape index (κ1) is 29.3. The summed E-state index contributed by atoms with van der Waals surface area (Å²) in [5, 5.41) is 0. The molecule has 0 aliphatic heterocycles. The van der Waals surface area contributed by atoms with Gasteiger partial charge in [-0.05, 0) is 44.0 Å². The van der Waals surface area contributed by atoms with E-state index in [-0.39, 0.29) is 24.5 Å². The number of hydrogen-bond donors (Lipinski definition) is 1. The fourth-order valence-corrected chi connectivity index (χ4v) is 9.55. The summed E-state index contributed by atoms with van der Waals surface area (Å²) in [6, 6.07) is 14.2. The molecule has 0 spiro atoms. The highest BCUT2D eigenvalue weighted by Crippen LogP contribution is 2.53. The van der Waals surface area contributed by atoms with Gasteiger partial charge in [-0.25, -0.2) is 13.4 Å². The quantitative estimate of drug-likeness (QED) is 0.112. The predicted octanol–water partition coefficient (Wildman–Crippen LogP) is 7.08. The lowest BCUT2D eigenvalue weighted by Crippen LogP contribution is -2.37. The van der Waals surface area contributed by atoms with Crippen LogP contribution in [0.15, 0.2) is 57.8 Å². The molecule has 3 aromatic rings. The van der Waals surface area contributed by atoms with Crippen molar-refractivity contribution in [3.8, 4) is 0 Å². The molecule has 0 bridgehead atoms. The van der Waals surface area contributed by atoms with Crippen molar-refractivity contribution in [1.29, 1.82) is 0 Å². The summed E-state index contributed by atoms with van der Waals surface area (Å²) >= 11 is 3.20. The number of thioether (sulfide) groups is 1. The molecule has 2 aromatic carbocycles. The summed E-state index contributed by atoms with van der Waals surface area (Å²) in [5.74, 6) is -0.0751. The van der Waals surface area contributed by atoms with Crippen molar-refractivity contribution >= 4 is 50.9 Å². The van der Waals surface area contributed by atoms with Gasteiger partial charge in [0.25, 0.3) is 0 Å². The van der Waals surface area contributed by atoms with Crippen molar-refractivity contribution in [3.63, 3.8) is 0 Å². The molecule has 1 atom stereocenters. The van der Waals surface area contributed by atoms with E-state index in [9.17, 15) is 13.0 Å². The molecule has 0 saturated heterocycles. The Hall–Kier alpha value is -1.26. The van der Waals surface area contributed by atoms with Gasteiger partial charge in [0.15, 0.2) is 4.34 Å². The van der Waals surface area contributed by atoms with Gasteiger partial charge in [-0.15, -0.1) is 11.3 Å². The third kappa shape index (κ3) is 8.12. The van der Waals surface area contributed by atoms with E-state index in [1.807, 2.05) is 30.3 Å². The lowest BCUT2D eigenvalue weighted by atomic mass is 10.1. The minimum Gasteiger partial charge on any atom is -0.308 e. The zero-order chi connectivity index (χ0) is 26.0. The van der Waals surface area contributed by atoms with Crippen molar-refractivity contribution in [1.82, 2.24) is 9.71 Å². The van der Waals surface area contributed by atoms with Crippen molar-refractivity contribution in [3.05, 3.63) is 54.1 Å². The van der Waals surface area contributed by atoms with Gasteiger partial charge in [0.1, 0.15) is 5.78 Å². The van der Waals surface area contributed by atoms with E-state index in [4.69, 9.17) is 9.05 Å². The Morgan fingerprint density at radius 1 is 1.03 bits per heavy atom. The largest absolute Gasteiger partial charge is 0.348 e. The summed E-state index contributed by atoms with van der Waals surface area (Å²) in [6.07, 6.45) is 4.95. The Morgan fingerprint density at radius 3 is 2.42 bits per heavy atom. The predicted molar refractivity (Wildman–Crippen MR) is 150 cm³/mol. The van der Waals surface area contributed by atoms with Gasteiger partial charge in [0.05, 0.1) is 28.3 Å². The number of thiazole rings is 1. The van der Waals surface area contributed by atoms with E-state index in [2.05, 4.69) is 16.6 Å². The van der Waals surface area contributed by atoms with E-state index in [1.54, 1.807) is 37.7 Å². The first-order chi connectivity index (χ1) is 17.3. The van der Waals surface area contributed by atoms with E-state index in [0.717, 1.165) is 32.3 Å². The van der Waals surface area contributed by atoms with Crippen molar-refractivity contribution in [2.24, 2.45) is 0 Å². The van der Waals surface area contributed by atoms with E-state index in [1.165, 1.54) is 36.7 Å². The van der Waals surface area contributed by atoms with Crippen LogP contribution >= 0.6 is 30.7 Å². The first-order valence-corrected chi connectivity index (χ1v) is 17.2. The number of sulfonamides is 1. The third-order valence-electron chi connectivity index (χ3n) is 5.44. The summed E-state index contributed by atoms with van der Waals surface area (Å²) in [4.78, 5) is 4.73. The van der Waals surface area contributed by atoms with Gasteiger partial charge in [0.2, 0.25) is 10.0 Å². The van der Waals surface area contributed by atoms with Crippen LogP contribution in [-0.4, -0.2) is 38.2 Å². The standard InChI is InChI=1S/C25H35N2O5PS3/c1-4-7-8-12-17-34-25-26-22-16-15-21(19-23(22)35-25)36(29,30)27-24(18-20-13-10-9-11-14-20)33(28,31-5-2)32-6-3/h9-11,13-16,19,24,27H,4-8,12,17-18H2,1-3H3. The Labute approximate surface area is 223 Å². The van der Waals surface area contributed by atoms with Crippen molar-refractivity contribution < 1.29 is 22.0 Å². The molecule has 1 aromatic heterocycles. The molecule has 1 N–H and O–H groups in total. The highest BCUT2D eigenvalue weighted by atomic mass is 32.2. The number of rotatable bonds is 16. The average molecular weight is 571 g/mol. The molecule has 0 saturated carbocycles. The molecule has 0 amide bonds. The van der Waals surface area contributed by atoms with Crippen LogP contribution in [0.5, 0.6) is 0 Å². The summed E-state index contributed by atoms with van der Waals surface area (Å²) in [7, 11) is -7.80. The van der Waals surface area contributed by atoms with Gasteiger partial charge < -0.3 is 9.05 Å². The number of nitrogens with zero attached hydrogens (tertiary/aromatic N) is 1. The summed E-state index contributed by atoms with van der Waals surface area (Å²) in [5.41, 5.74) is 1.59. The molecule has 0 fully saturated rings. The highest BCUT2D eigenvalue weighted by Gasteiger charge is 2.39. The lowest BCUT2D eigenvalue weighted by molar-refractivity contribution is 0.210. The molecule has 36 heavy (non-hydrogen) atoms. The minimum atomic E-state index is -4.02. The SMILES string of the molecule is CCCCCCSc1nc2ccc(S(=O)(=O)NC(Cc3ccccc3)P(=O)(OCC)OCC)cc2s1. The Bertz CT molecular complexity index is 1240. The third-order valence-corrected chi connectivity index (χ3v) is 11.6. The molecule has 7 nitrogen and oxygen atoms in total. The summed E-state index contributed by atoms with van der Waals surface area (Å²) in [6.45, 7) is 5.87. The van der Waals surface area contributed by atoms with E-state index < -0.39 is 23.4 Å². The van der Waals surface area contributed by atoms with E-state index in [0.29, 0.717) is 0 Å². The Kier molecular flexibility index (Phi) is 11.4. The number of unbranched alkanes of at least 4 members (excludes halogenated alkanes) is 3. The van der Waals surface area contributed by atoms with Crippen LogP contribution in [0, 0.1) is 0 Å². The molecular weight excluding hydrogens is 535 g/mol. The molecule has 0 aliphatic rings. The molecule has 0 radical (unpaired) electrons. The molecule has 0 aliphatic carbocycles. The van der Waals surface area contributed by atoms with Crippen LogP contribution < -0.4 is 4.72 Å². The number of aromatic nitrogens is 1. The summed E-state index contributed by atoms with van der Waals surface area (Å²) < 4.78 is 55.9. The maximum absolute atomic E-state index is 13.6. The van der Waals surface area contributed by atoms with Crippen LogP contribution in [-0.2, 0) is 30.1 Å². The average Bonchev–Trinajstić information content (AvgIpc) is 3.26. The zero-order valence-electron chi connectivity index (χ0n) is 21.0. The first-order valence-electron chi connectivity index (χ1n) is 12.3. The van der Waals surface area contributed by atoms with Crippen LogP contribution in [0.4, 0.5) is 0 Å². The van der Waals surface area contributed by atoms with Crippen LogP contribution in [0.1, 0.15) is 52.0 Å². The van der Waals surface area contributed by atoms with Crippen LogP contribution in [0.2, 0.25) is 0 Å². The van der Waals surface area contributed by atoms with Crippen LogP contribution in [0.3, 0.4) is 0 Å². The number of nitrogens with one attached hydrogen (secondary N) is 1. The van der Waals surface area contributed by atoms with Gasteiger partial charge in [-0.3, -0.25) is 4.57 Å². The molecular formula is C25H35N2O5PS3. The Balaban J connectivity index is 1.83. The molecule has 3 rings (SSSR count). The van der Waals surface area contributed by atoms with E-state index >= 15 is 0 Å². The molecule has 1 unspecified atom stereocenters. The van der Waals surface area contributed by atoms with Crippen molar-refractivity contribution in [2.75, 3.05) is 19.0 Å².